The largest absolute Gasteiger partial charge is 0.331 e. The Morgan fingerprint density at radius 1 is 1.12 bits per heavy atom. The van der Waals surface area contributed by atoms with Gasteiger partial charge in [0.25, 0.3) is 0 Å². The van der Waals surface area contributed by atoms with Crippen molar-refractivity contribution in [1.29, 1.82) is 0 Å². The Morgan fingerprint density at radius 2 is 1.92 bits per heavy atom. The van der Waals surface area contributed by atoms with Crippen molar-refractivity contribution in [3.63, 3.8) is 0 Å². The van der Waals surface area contributed by atoms with Gasteiger partial charge in [0.05, 0.1) is 5.75 Å². The van der Waals surface area contributed by atoms with Crippen LogP contribution in [-0.4, -0.2) is 16.8 Å². The summed E-state index contributed by atoms with van der Waals surface area (Å²) in [6, 6.07) is 12.3. The molecule has 0 spiro atoms. The van der Waals surface area contributed by atoms with Gasteiger partial charge in [0.2, 0.25) is 5.91 Å². The van der Waals surface area contributed by atoms with Crippen LogP contribution < -0.4 is 16.2 Å². The molecule has 1 amide bonds. The zero-order valence-corrected chi connectivity index (χ0v) is 15.7. The van der Waals surface area contributed by atoms with Gasteiger partial charge in [0.1, 0.15) is 5.82 Å². The number of hydrazine groups is 1. The molecule has 0 bridgehead atoms. The van der Waals surface area contributed by atoms with E-state index in [-0.39, 0.29) is 17.5 Å². The Bertz CT molecular complexity index is 768. The Kier molecular flexibility index (Phi) is 7.21. The van der Waals surface area contributed by atoms with E-state index in [1.807, 2.05) is 38.1 Å². The van der Waals surface area contributed by atoms with Crippen molar-refractivity contribution in [3.05, 3.63) is 65.0 Å². The normalized spacial score (nSPS) is 10.2. The fourth-order valence-corrected chi connectivity index (χ4v) is 2.98. The van der Waals surface area contributed by atoms with Gasteiger partial charge < -0.3 is 5.32 Å². The van der Waals surface area contributed by atoms with Gasteiger partial charge in [0.15, 0.2) is 5.11 Å². The summed E-state index contributed by atoms with van der Waals surface area (Å²) < 4.78 is 13.1. The highest BCUT2D eigenvalue weighted by molar-refractivity contribution is 7.99. The minimum Gasteiger partial charge on any atom is -0.331 e. The number of benzene rings is 2. The molecule has 0 radical (unpaired) electrons. The number of thioether (sulfide) groups is 1. The lowest BCUT2D eigenvalue weighted by Gasteiger charge is -2.12. The van der Waals surface area contributed by atoms with Crippen LogP contribution >= 0.6 is 24.0 Å². The standard InChI is InChI=1S/C18H20FN3OS2/c1-12-6-7-16(8-13(12)2)20-18(24)22-21-17(23)11-25-10-14-4-3-5-15(19)9-14/h3-9H,10-11H2,1-2H3,(H,21,23)(H2,20,22,24). The van der Waals surface area contributed by atoms with Crippen molar-refractivity contribution in [2.75, 3.05) is 11.1 Å². The van der Waals surface area contributed by atoms with Gasteiger partial charge in [-0.05, 0) is 67.0 Å². The second-order valence-electron chi connectivity index (χ2n) is 5.55. The summed E-state index contributed by atoms with van der Waals surface area (Å²) in [6.45, 7) is 4.06. The molecule has 0 saturated heterocycles. The molecule has 0 aromatic heterocycles. The van der Waals surface area contributed by atoms with E-state index in [2.05, 4.69) is 16.2 Å². The Morgan fingerprint density at radius 3 is 2.64 bits per heavy atom. The highest BCUT2D eigenvalue weighted by Crippen LogP contribution is 2.14. The molecule has 0 unspecified atom stereocenters. The van der Waals surface area contributed by atoms with Gasteiger partial charge in [-0.25, -0.2) is 4.39 Å². The monoisotopic (exact) mass is 377 g/mol. The van der Waals surface area contributed by atoms with Gasteiger partial charge in [-0.15, -0.1) is 11.8 Å². The third-order valence-electron chi connectivity index (χ3n) is 3.47. The molecule has 2 aromatic rings. The summed E-state index contributed by atoms with van der Waals surface area (Å²) in [6.07, 6.45) is 0. The van der Waals surface area contributed by atoms with E-state index in [0.717, 1.165) is 16.8 Å². The fraction of sp³-hybridized carbons (Fsp3) is 0.222. The average Bonchev–Trinajstić information content (AvgIpc) is 2.56. The zero-order valence-electron chi connectivity index (χ0n) is 14.1. The fourth-order valence-electron chi connectivity index (χ4n) is 2.03. The molecular weight excluding hydrogens is 357 g/mol. The summed E-state index contributed by atoms with van der Waals surface area (Å²) in [7, 11) is 0. The molecule has 0 saturated carbocycles. The van der Waals surface area contributed by atoms with Crippen molar-refractivity contribution >= 4 is 40.7 Å². The number of nitrogens with one attached hydrogen (secondary N) is 3. The third kappa shape index (κ3) is 6.72. The van der Waals surface area contributed by atoms with Gasteiger partial charge in [-0.2, -0.15) is 0 Å². The molecular formula is C18H20FN3OS2. The predicted octanol–water partition coefficient (Wildman–Crippen LogP) is 3.69. The lowest BCUT2D eigenvalue weighted by Crippen LogP contribution is -2.44. The van der Waals surface area contributed by atoms with Crippen LogP contribution in [0.5, 0.6) is 0 Å². The summed E-state index contributed by atoms with van der Waals surface area (Å²) in [5.41, 5.74) is 9.27. The molecule has 2 aromatic carbocycles. The van der Waals surface area contributed by atoms with E-state index in [1.54, 1.807) is 6.07 Å². The molecule has 0 heterocycles. The molecule has 2 rings (SSSR count). The zero-order chi connectivity index (χ0) is 18.2. The van der Waals surface area contributed by atoms with Crippen LogP contribution in [0.1, 0.15) is 16.7 Å². The molecule has 0 aliphatic carbocycles. The molecule has 4 nitrogen and oxygen atoms in total. The number of halogens is 1. The SMILES string of the molecule is Cc1ccc(NC(=S)NNC(=O)CSCc2cccc(F)c2)cc1C. The molecule has 0 aliphatic rings. The first kappa shape index (κ1) is 19.2. The van der Waals surface area contributed by atoms with Crippen LogP contribution in [0, 0.1) is 19.7 Å². The van der Waals surface area contributed by atoms with Crippen LogP contribution in [0.25, 0.3) is 0 Å². The van der Waals surface area contributed by atoms with Crippen molar-refractivity contribution < 1.29 is 9.18 Å². The minimum absolute atomic E-state index is 0.203. The maximum Gasteiger partial charge on any atom is 0.248 e. The van der Waals surface area contributed by atoms with Gasteiger partial charge >= 0.3 is 0 Å². The van der Waals surface area contributed by atoms with E-state index in [4.69, 9.17) is 12.2 Å². The van der Waals surface area contributed by atoms with Crippen molar-refractivity contribution in [3.8, 4) is 0 Å². The van der Waals surface area contributed by atoms with Crippen molar-refractivity contribution in [2.45, 2.75) is 19.6 Å². The second-order valence-corrected chi connectivity index (χ2v) is 6.94. The maximum absolute atomic E-state index is 13.1. The lowest BCUT2D eigenvalue weighted by atomic mass is 10.1. The summed E-state index contributed by atoms with van der Waals surface area (Å²) in [4.78, 5) is 11.8. The molecule has 0 aliphatic heterocycles. The number of anilines is 1. The molecule has 25 heavy (non-hydrogen) atoms. The summed E-state index contributed by atoms with van der Waals surface area (Å²) in [5, 5.41) is 3.32. The van der Waals surface area contributed by atoms with Crippen molar-refractivity contribution in [1.82, 2.24) is 10.9 Å². The number of amides is 1. The third-order valence-corrected chi connectivity index (χ3v) is 4.68. The number of carbonyl (C=O) groups is 1. The summed E-state index contributed by atoms with van der Waals surface area (Å²) >= 11 is 6.55. The van der Waals surface area contributed by atoms with Crippen LogP contribution in [0.2, 0.25) is 0 Å². The number of hydrogen-bond acceptors (Lipinski definition) is 3. The van der Waals surface area contributed by atoms with Crippen LogP contribution in [0.3, 0.4) is 0 Å². The molecule has 7 heteroatoms. The predicted molar refractivity (Wildman–Crippen MR) is 106 cm³/mol. The summed E-state index contributed by atoms with van der Waals surface area (Å²) in [5.74, 6) is 0.337. The van der Waals surface area contributed by atoms with E-state index in [1.165, 1.54) is 29.5 Å². The van der Waals surface area contributed by atoms with Crippen LogP contribution in [-0.2, 0) is 10.5 Å². The first-order valence-corrected chi connectivity index (χ1v) is 9.25. The van der Waals surface area contributed by atoms with E-state index in [0.29, 0.717) is 10.9 Å². The number of aryl methyl sites for hydroxylation is 2. The Balaban J connectivity index is 1.68. The highest BCUT2D eigenvalue weighted by atomic mass is 32.2. The van der Waals surface area contributed by atoms with Gasteiger partial charge in [0, 0.05) is 11.4 Å². The molecule has 0 atom stereocenters. The van der Waals surface area contributed by atoms with Crippen LogP contribution in [0.4, 0.5) is 10.1 Å². The molecule has 132 valence electrons. The van der Waals surface area contributed by atoms with Crippen LogP contribution in [0.15, 0.2) is 42.5 Å². The van der Waals surface area contributed by atoms with E-state index in [9.17, 15) is 9.18 Å². The Labute approximate surface area is 156 Å². The smallest absolute Gasteiger partial charge is 0.248 e. The lowest BCUT2D eigenvalue weighted by molar-refractivity contribution is -0.119. The van der Waals surface area contributed by atoms with E-state index >= 15 is 0 Å². The Hall–Kier alpha value is -2.12. The van der Waals surface area contributed by atoms with Gasteiger partial charge in [-0.3, -0.25) is 15.6 Å². The quantitative estimate of drug-likeness (QED) is 0.548. The minimum atomic E-state index is -0.271. The number of thiocarbonyl (C=S) groups is 1. The van der Waals surface area contributed by atoms with Gasteiger partial charge in [-0.1, -0.05) is 18.2 Å². The first-order valence-electron chi connectivity index (χ1n) is 7.69. The maximum atomic E-state index is 13.1. The average molecular weight is 378 g/mol. The molecule has 0 fully saturated rings. The topological polar surface area (TPSA) is 53.2 Å². The number of rotatable bonds is 5. The van der Waals surface area contributed by atoms with E-state index < -0.39 is 0 Å². The second kappa shape index (κ2) is 9.39. The first-order chi connectivity index (χ1) is 11.9. The highest BCUT2D eigenvalue weighted by Gasteiger charge is 2.04. The molecule has 3 N–H and O–H groups in total. The number of hydrogen-bond donors (Lipinski definition) is 3. The number of carbonyl (C=O) groups excluding carboxylic acids is 1. The van der Waals surface area contributed by atoms with Crippen molar-refractivity contribution in [2.24, 2.45) is 0 Å².